The van der Waals surface area contributed by atoms with Crippen molar-refractivity contribution in [1.82, 2.24) is 15.3 Å². The van der Waals surface area contributed by atoms with Gasteiger partial charge in [0.2, 0.25) is 0 Å². The van der Waals surface area contributed by atoms with Gasteiger partial charge >= 0.3 is 0 Å². The Morgan fingerprint density at radius 3 is 2.86 bits per heavy atom. The Kier molecular flexibility index (Phi) is 4.61. The van der Waals surface area contributed by atoms with Gasteiger partial charge in [-0.1, -0.05) is 41.9 Å². The summed E-state index contributed by atoms with van der Waals surface area (Å²) in [5.74, 6) is 0.703. The van der Waals surface area contributed by atoms with Crippen LogP contribution in [0.25, 0.3) is 11.0 Å². The van der Waals surface area contributed by atoms with Crippen LogP contribution in [-0.2, 0) is 0 Å². The number of benzene rings is 2. The van der Waals surface area contributed by atoms with E-state index in [1.807, 2.05) is 37.4 Å². The number of ether oxygens (including phenoxy) is 1. The molecule has 0 fully saturated rings. The Morgan fingerprint density at radius 1 is 1.27 bits per heavy atom. The Hall–Kier alpha value is -2.04. The molecule has 3 rings (SSSR count). The van der Waals surface area contributed by atoms with Crippen molar-refractivity contribution in [3.8, 4) is 5.75 Å². The number of hydrogen-bond acceptors (Lipinski definition) is 3. The lowest BCUT2D eigenvalue weighted by Gasteiger charge is -2.20. The third-order valence-corrected chi connectivity index (χ3v) is 3.77. The maximum Gasteiger partial charge on any atom is 0.149 e. The number of hydrogen-bond donors (Lipinski definition) is 2. The first-order valence-electron chi connectivity index (χ1n) is 7.27. The molecule has 0 saturated carbocycles. The van der Waals surface area contributed by atoms with Crippen LogP contribution in [0.1, 0.15) is 18.1 Å². The molecule has 22 heavy (non-hydrogen) atoms. The molecule has 1 heterocycles. The summed E-state index contributed by atoms with van der Waals surface area (Å²) in [6, 6.07) is 13.9. The van der Waals surface area contributed by atoms with Crippen LogP contribution in [0.2, 0.25) is 5.02 Å². The van der Waals surface area contributed by atoms with E-state index in [1.54, 1.807) is 6.33 Å². The van der Waals surface area contributed by atoms with Gasteiger partial charge < -0.3 is 15.0 Å². The van der Waals surface area contributed by atoms with E-state index in [4.69, 9.17) is 16.3 Å². The Morgan fingerprint density at radius 2 is 2.09 bits per heavy atom. The molecule has 3 aromatic rings. The zero-order valence-corrected chi connectivity index (χ0v) is 13.1. The van der Waals surface area contributed by atoms with E-state index >= 15 is 0 Å². The minimum Gasteiger partial charge on any atom is -0.483 e. The maximum absolute atomic E-state index is 6.25. The van der Waals surface area contributed by atoms with Crippen molar-refractivity contribution < 1.29 is 4.74 Å². The van der Waals surface area contributed by atoms with Crippen molar-refractivity contribution in [1.29, 1.82) is 0 Å². The van der Waals surface area contributed by atoms with Gasteiger partial charge in [0, 0.05) is 17.5 Å². The SMILES string of the molecule is CNCC[C@@H](Oc1cc(Cl)cc2[nH]cnc12)c1ccccc1. The van der Waals surface area contributed by atoms with E-state index in [1.165, 1.54) is 0 Å². The number of nitrogens with one attached hydrogen (secondary N) is 2. The lowest BCUT2D eigenvalue weighted by Crippen LogP contribution is -2.16. The van der Waals surface area contributed by atoms with Crippen LogP contribution in [-0.4, -0.2) is 23.6 Å². The molecule has 1 aromatic heterocycles. The summed E-state index contributed by atoms with van der Waals surface area (Å²) in [5, 5.41) is 3.80. The van der Waals surface area contributed by atoms with Crippen molar-refractivity contribution in [2.45, 2.75) is 12.5 Å². The predicted molar refractivity (Wildman–Crippen MR) is 89.5 cm³/mol. The van der Waals surface area contributed by atoms with E-state index in [-0.39, 0.29) is 6.10 Å². The molecule has 1 atom stereocenters. The maximum atomic E-state index is 6.25. The van der Waals surface area contributed by atoms with Crippen molar-refractivity contribution in [3.05, 3.63) is 59.4 Å². The Labute approximate surface area is 134 Å². The molecule has 0 aliphatic rings. The van der Waals surface area contributed by atoms with Gasteiger partial charge in [-0.05, 0) is 25.2 Å². The highest BCUT2D eigenvalue weighted by Crippen LogP contribution is 2.32. The quantitative estimate of drug-likeness (QED) is 0.724. The fourth-order valence-corrected chi connectivity index (χ4v) is 2.67. The fraction of sp³-hybridized carbons (Fsp3) is 0.235. The highest BCUT2D eigenvalue weighted by atomic mass is 35.5. The standard InChI is InChI=1S/C17H18ClN3O/c1-19-8-7-15(12-5-3-2-4-6-12)22-16-10-13(18)9-14-17(16)21-11-20-14/h2-6,9-11,15,19H,7-8H2,1H3,(H,20,21)/t15-/m1/s1. The van der Waals surface area contributed by atoms with Crippen molar-refractivity contribution in [2.75, 3.05) is 13.6 Å². The Balaban J connectivity index is 1.93. The summed E-state index contributed by atoms with van der Waals surface area (Å²) in [6.07, 6.45) is 2.46. The second kappa shape index (κ2) is 6.81. The summed E-state index contributed by atoms with van der Waals surface area (Å²) in [6.45, 7) is 0.865. The molecule has 0 saturated heterocycles. The van der Waals surface area contributed by atoms with Gasteiger partial charge in [-0.2, -0.15) is 0 Å². The lowest BCUT2D eigenvalue weighted by molar-refractivity contribution is 0.197. The number of H-pyrrole nitrogens is 1. The molecule has 0 amide bonds. The van der Waals surface area contributed by atoms with Crippen molar-refractivity contribution in [3.63, 3.8) is 0 Å². The Bertz CT molecular complexity index is 742. The van der Waals surface area contributed by atoms with Crippen molar-refractivity contribution >= 4 is 22.6 Å². The number of nitrogens with zero attached hydrogens (tertiary/aromatic N) is 1. The third kappa shape index (κ3) is 3.24. The summed E-state index contributed by atoms with van der Waals surface area (Å²) < 4.78 is 6.25. The minimum absolute atomic E-state index is 0.0491. The number of imidazole rings is 1. The molecule has 2 N–H and O–H groups in total. The van der Waals surface area contributed by atoms with Gasteiger partial charge in [0.05, 0.1) is 11.8 Å². The fourth-order valence-electron chi connectivity index (χ4n) is 2.46. The van der Waals surface area contributed by atoms with Crippen LogP contribution in [0.4, 0.5) is 0 Å². The molecule has 5 heteroatoms. The second-order valence-electron chi connectivity index (χ2n) is 5.11. The number of halogens is 1. The monoisotopic (exact) mass is 315 g/mol. The average Bonchev–Trinajstić information content (AvgIpc) is 3.00. The number of aromatic amines is 1. The molecule has 0 spiro atoms. The first-order chi connectivity index (χ1) is 10.8. The van der Waals surface area contributed by atoms with Crippen molar-refractivity contribution in [2.24, 2.45) is 0 Å². The van der Waals surface area contributed by atoms with Crippen LogP contribution < -0.4 is 10.1 Å². The number of rotatable bonds is 6. The van der Waals surface area contributed by atoms with Gasteiger partial charge in [-0.3, -0.25) is 0 Å². The molecule has 0 radical (unpaired) electrons. The first kappa shape index (κ1) is 14.9. The van der Waals surface area contributed by atoms with Crippen LogP contribution in [0, 0.1) is 0 Å². The van der Waals surface area contributed by atoms with Gasteiger partial charge in [-0.25, -0.2) is 4.98 Å². The largest absolute Gasteiger partial charge is 0.483 e. The summed E-state index contributed by atoms with van der Waals surface area (Å²) in [5.41, 5.74) is 2.82. The highest BCUT2D eigenvalue weighted by molar-refractivity contribution is 6.31. The zero-order chi connectivity index (χ0) is 15.4. The first-order valence-corrected chi connectivity index (χ1v) is 7.64. The molecule has 4 nitrogen and oxygen atoms in total. The third-order valence-electron chi connectivity index (χ3n) is 3.55. The molecular formula is C17H18ClN3O. The van der Waals surface area contributed by atoms with Crippen LogP contribution in [0.3, 0.4) is 0 Å². The number of aromatic nitrogens is 2. The molecular weight excluding hydrogens is 298 g/mol. The van der Waals surface area contributed by atoms with Gasteiger partial charge in [0.15, 0.2) is 0 Å². The number of fused-ring (bicyclic) bond motifs is 1. The van der Waals surface area contributed by atoms with Crippen LogP contribution in [0.5, 0.6) is 5.75 Å². The summed E-state index contributed by atoms with van der Waals surface area (Å²) in [7, 11) is 1.94. The summed E-state index contributed by atoms with van der Waals surface area (Å²) >= 11 is 6.17. The van der Waals surface area contributed by atoms with E-state index in [2.05, 4.69) is 27.4 Å². The smallest absolute Gasteiger partial charge is 0.149 e. The van der Waals surface area contributed by atoms with Crippen LogP contribution in [0.15, 0.2) is 48.8 Å². The molecule has 2 aromatic carbocycles. The molecule has 0 aliphatic carbocycles. The molecule has 0 bridgehead atoms. The predicted octanol–water partition coefficient (Wildman–Crippen LogP) is 3.95. The minimum atomic E-state index is -0.0491. The van der Waals surface area contributed by atoms with Gasteiger partial charge in [0.25, 0.3) is 0 Å². The molecule has 114 valence electrons. The average molecular weight is 316 g/mol. The van der Waals surface area contributed by atoms with E-state index in [0.717, 1.165) is 29.6 Å². The topological polar surface area (TPSA) is 49.9 Å². The normalized spacial score (nSPS) is 12.5. The lowest BCUT2D eigenvalue weighted by atomic mass is 10.1. The summed E-state index contributed by atoms with van der Waals surface area (Å²) in [4.78, 5) is 7.40. The zero-order valence-electron chi connectivity index (χ0n) is 12.3. The van der Waals surface area contributed by atoms with E-state index in [0.29, 0.717) is 10.8 Å². The second-order valence-corrected chi connectivity index (χ2v) is 5.55. The molecule has 0 unspecified atom stereocenters. The highest BCUT2D eigenvalue weighted by Gasteiger charge is 2.16. The van der Waals surface area contributed by atoms with E-state index in [9.17, 15) is 0 Å². The van der Waals surface area contributed by atoms with Crippen LogP contribution >= 0.6 is 11.6 Å². The van der Waals surface area contributed by atoms with E-state index < -0.39 is 0 Å². The van der Waals surface area contributed by atoms with Gasteiger partial charge in [-0.15, -0.1) is 0 Å². The van der Waals surface area contributed by atoms with Gasteiger partial charge in [0.1, 0.15) is 17.4 Å². The molecule has 0 aliphatic heterocycles.